The first-order valence-corrected chi connectivity index (χ1v) is 7.45. The molecule has 0 bridgehead atoms. The van der Waals surface area contributed by atoms with Gasteiger partial charge in [-0.1, -0.05) is 6.92 Å². The molecule has 0 aromatic heterocycles. The molecule has 1 unspecified atom stereocenters. The fourth-order valence-electron chi connectivity index (χ4n) is 1.30. The van der Waals surface area contributed by atoms with E-state index in [0.717, 1.165) is 0 Å². The Morgan fingerprint density at radius 2 is 1.75 bits per heavy atom. The molecule has 0 aliphatic carbocycles. The zero-order valence-electron chi connectivity index (χ0n) is 10.3. The third-order valence-electron chi connectivity index (χ3n) is 1.98. The molecule has 0 aromatic rings. The lowest BCUT2D eigenvalue weighted by Crippen LogP contribution is -2.20. The van der Waals surface area contributed by atoms with E-state index in [1.807, 2.05) is 6.92 Å². The van der Waals surface area contributed by atoms with E-state index in [0.29, 0.717) is 19.6 Å². The first-order valence-electron chi connectivity index (χ1n) is 5.72. The molecule has 16 heavy (non-hydrogen) atoms. The molecule has 0 aliphatic rings. The van der Waals surface area contributed by atoms with Crippen molar-refractivity contribution in [2.45, 2.75) is 33.3 Å². The van der Waals surface area contributed by atoms with E-state index < -0.39 is 7.60 Å². The van der Waals surface area contributed by atoms with E-state index >= 15 is 0 Å². The number of ether oxygens (including phenoxy) is 1. The number of aliphatic hydroxyl groups is 1. The summed E-state index contributed by atoms with van der Waals surface area (Å²) < 4.78 is 27.9. The van der Waals surface area contributed by atoms with Gasteiger partial charge in [0.1, 0.15) is 0 Å². The average Bonchev–Trinajstić information content (AvgIpc) is 2.25. The molecule has 0 spiro atoms. The van der Waals surface area contributed by atoms with Gasteiger partial charge >= 0.3 is 7.60 Å². The Balaban J connectivity index is 4.27. The SMILES string of the molecule is CCOP(=O)(CC(CC)OCCO)OCC. The standard InChI is InChI=1S/C10H23O5P/c1-4-10(13-8-7-11)9-16(12,14-5-2)15-6-3/h10-11H,4-9H2,1-3H3. The van der Waals surface area contributed by atoms with Crippen LogP contribution in [0.3, 0.4) is 0 Å². The van der Waals surface area contributed by atoms with E-state index in [1.54, 1.807) is 13.8 Å². The number of aliphatic hydroxyl groups excluding tert-OH is 1. The summed E-state index contributed by atoms with van der Waals surface area (Å²) >= 11 is 0. The fraction of sp³-hybridized carbons (Fsp3) is 1.00. The summed E-state index contributed by atoms with van der Waals surface area (Å²) in [7, 11) is -3.04. The van der Waals surface area contributed by atoms with Gasteiger partial charge in [0.2, 0.25) is 0 Å². The van der Waals surface area contributed by atoms with Gasteiger partial charge in [-0.05, 0) is 20.3 Å². The van der Waals surface area contributed by atoms with Crippen molar-refractivity contribution in [3.63, 3.8) is 0 Å². The highest BCUT2D eigenvalue weighted by Gasteiger charge is 2.28. The summed E-state index contributed by atoms with van der Waals surface area (Å²) in [5.41, 5.74) is 0. The van der Waals surface area contributed by atoms with Crippen LogP contribution in [0.2, 0.25) is 0 Å². The molecule has 1 atom stereocenters. The Hall–Kier alpha value is 0.0700. The quantitative estimate of drug-likeness (QED) is 0.604. The lowest BCUT2D eigenvalue weighted by molar-refractivity contribution is 0.0349. The average molecular weight is 254 g/mol. The summed E-state index contributed by atoms with van der Waals surface area (Å²) in [6.07, 6.45) is 0.756. The molecule has 0 rings (SSSR count). The highest BCUT2D eigenvalue weighted by atomic mass is 31.2. The Bertz CT molecular complexity index is 199. The Kier molecular flexibility index (Phi) is 9.18. The van der Waals surface area contributed by atoms with Gasteiger partial charge in [0.25, 0.3) is 0 Å². The lowest BCUT2D eigenvalue weighted by Gasteiger charge is -2.22. The first-order chi connectivity index (χ1) is 7.61. The third kappa shape index (κ3) is 6.61. The van der Waals surface area contributed by atoms with Gasteiger partial charge in [-0.2, -0.15) is 0 Å². The summed E-state index contributed by atoms with van der Waals surface area (Å²) in [5.74, 6) is 0. The zero-order valence-corrected chi connectivity index (χ0v) is 11.2. The Morgan fingerprint density at radius 3 is 2.12 bits per heavy atom. The van der Waals surface area contributed by atoms with Crippen LogP contribution >= 0.6 is 7.60 Å². The van der Waals surface area contributed by atoms with Crippen molar-refractivity contribution < 1.29 is 23.5 Å². The van der Waals surface area contributed by atoms with Crippen molar-refractivity contribution in [2.24, 2.45) is 0 Å². The first kappa shape index (κ1) is 16.1. The van der Waals surface area contributed by atoms with Crippen LogP contribution in [0.15, 0.2) is 0 Å². The summed E-state index contributed by atoms with van der Waals surface area (Å²) in [4.78, 5) is 0. The largest absolute Gasteiger partial charge is 0.394 e. The molecule has 1 N–H and O–H groups in total. The van der Waals surface area contributed by atoms with Crippen LogP contribution in [-0.4, -0.2) is 43.8 Å². The van der Waals surface area contributed by atoms with Crippen LogP contribution in [0.5, 0.6) is 0 Å². The normalized spacial score (nSPS) is 14.0. The maximum Gasteiger partial charge on any atom is 0.333 e. The molecular formula is C10H23O5P. The molecule has 0 fully saturated rings. The van der Waals surface area contributed by atoms with E-state index in [1.165, 1.54) is 0 Å². The monoisotopic (exact) mass is 254 g/mol. The van der Waals surface area contributed by atoms with Crippen LogP contribution in [0.1, 0.15) is 27.2 Å². The zero-order chi connectivity index (χ0) is 12.4. The van der Waals surface area contributed by atoms with Crippen LogP contribution in [-0.2, 0) is 18.3 Å². The summed E-state index contributed by atoms with van der Waals surface area (Å²) in [5, 5.41) is 8.66. The van der Waals surface area contributed by atoms with E-state index in [-0.39, 0.29) is 25.5 Å². The minimum atomic E-state index is -3.04. The van der Waals surface area contributed by atoms with E-state index in [9.17, 15) is 4.57 Å². The minimum Gasteiger partial charge on any atom is -0.394 e. The Morgan fingerprint density at radius 1 is 1.19 bits per heavy atom. The molecule has 0 saturated heterocycles. The second kappa shape index (κ2) is 9.14. The van der Waals surface area contributed by atoms with Crippen molar-refractivity contribution >= 4 is 7.60 Å². The predicted octanol–water partition coefficient (Wildman–Crippen LogP) is 2.04. The van der Waals surface area contributed by atoms with Crippen molar-refractivity contribution in [3.8, 4) is 0 Å². The minimum absolute atomic E-state index is 0.0376. The summed E-state index contributed by atoms with van der Waals surface area (Å²) in [6.45, 7) is 6.41. The highest BCUT2D eigenvalue weighted by molar-refractivity contribution is 7.53. The van der Waals surface area contributed by atoms with Gasteiger partial charge in [-0.25, -0.2) is 0 Å². The fourth-order valence-corrected chi connectivity index (χ4v) is 3.24. The molecule has 98 valence electrons. The van der Waals surface area contributed by atoms with Crippen LogP contribution in [0.25, 0.3) is 0 Å². The Labute approximate surface area is 97.6 Å². The predicted molar refractivity (Wildman–Crippen MR) is 62.8 cm³/mol. The second-order valence-corrected chi connectivity index (χ2v) is 5.36. The summed E-state index contributed by atoms with van der Waals surface area (Å²) in [6, 6.07) is 0. The van der Waals surface area contributed by atoms with Crippen molar-refractivity contribution in [3.05, 3.63) is 0 Å². The molecule has 0 aromatic carbocycles. The molecule has 5 nitrogen and oxygen atoms in total. The topological polar surface area (TPSA) is 65.0 Å². The highest BCUT2D eigenvalue weighted by Crippen LogP contribution is 2.49. The number of hydrogen-bond acceptors (Lipinski definition) is 5. The number of hydrogen-bond donors (Lipinski definition) is 1. The van der Waals surface area contributed by atoms with Crippen molar-refractivity contribution in [1.29, 1.82) is 0 Å². The van der Waals surface area contributed by atoms with Gasteiger partial charge in [-0.15, -0.1) is 0 Å². The third-order valence-corrected chi connectivity index (χ3v) is 4.14. The number of rotatable bonds is 10. The van der Waals surface area contributed by atoms with Crippen LogP contribution in [0.4, 0.5) is 0 Å². The molecular weight excluding hydrogens is 231 g/mol. The molecule has 0 aliphatic heterocycles. The van der Waals surface area contributed by atoms with Crippen LogP contribution < -0.4 is 0 Å². The van der Waals surface area contributed by atoms with Gasteiger partial charge in [0.15, 0.2) is 0 Å². The smallest absolute Gasteiger partial charge is 0.333 e. The van der Waals surface area contributed by atoms with Crippen molar-refractivity contribution in [1.82, 2.24) is 0 Å². The van der Waals surface area contributed by atoms with E-state index in [2.05, 4.69) is 0 Å². The molecule has 6 heteroatoms. The second-order valence-electron chi connectivity index (χ2n) is 3.25. The maximum absolute atomic E-state index is 12.2. The lowest BCUT2D eigenvalue weighted by atomic mass is 10.3. The molecule has 0 radical (unpaired) electrons. The van der Waals surface area contributed by atoms with Gasteiger partial charge < -0.3 is 18.9 Å². The van der Waals surface area contributed by atoms with Gasteiger partial charge in [-0.3, -0.25) is 4.57 Å². The maximum atomic E-state index is 12.2. The molecule has 0 saturated carbocycles. The van der Waals surface area contributed by atoms with E-state index in [4.69, 9.17) is 18.9 Å². The van der Waals surface area contributed by atoms with Crippen molar-refractivity contribution in [2.75, 3.05) is 32.6 Å². The van der Waals surface area contributed by atoms with Gasteiger partial charge in [0.05, 0.1) is 38.7 Å². The molecule has 0 amide bonds. The van der Waals surface area contributed by atoms with Gasteiger partial charge in [0, 0.05) is 0 Å². The molecule has 0 heterocycles. The van der Waals surface area contributed by atoms with Crippen LogP contribution in [0, 0.1) is 0 Å².